The number of benzene rings is 2. The number of hydrazone groups is 1. The first kappa shape index (κ1) is 17.1. The highest BCUT2D eigenvalue weighted by molar-refractivity contribution is 7.14. The Hall–Kier alpha value is -2.73. The molecule has 1 heterocycles. The molecule has 0 aliphatic carbocycles. The van der Waals surface area contributed by atoms with Gasteiger partial charge in [0, 0.05) is 10.9 Å². The van der Waals surface area contributed by atoms with Crippen LogP contribution in [0.5, 0.6) is 5.75 Å². The van der Waals surface area contributed by atoms with Gasteiger partial charge in [-0.25, -0.2) is 9.37 Å². The standard InChI is InChI=1S/C19H18FN3OS/c1-13(2)24-17-5-3-4-14(10-17)11-21-23-19-22-18(12-25-19)15-6-8-16(20)9-7-15/h3-13H,1-2H3,(H,22,23)/b21-11-. The first-order valence-corrected chi connectivity index (χ1v) is 8.75. The second-order valence-corrected chi connectivity index (χ2v) is 6.51. The van der Waals surface area contributed by atoms with Crippen molar-refractivity contribution in [3.8, 4) is 17.0 Å². The fourth-order valence-corrected chi connectivity index (χ4v) is 2.85. The van der Waals surface area contributed by atoms with E-state index in [9.17, 15) is 4.39 Å². The van der Waals surface area contributed by atoms with Gasteiger partial charge < -0.3 is 4.74 Å². The highest BCUT2D eigenvalue weighted by Gasteiger charge is 2.04. The maximum Gasteiger partial charge on any atom is 0.203 e. The molecule has 1 aromatic heterocycles. The summed E-state index contributed by atoms with van der Waals surface area (Å²) in [5, 5.41) is 6.79. The smallest absolute Gasteiger partial charge is 0.203 e. The Bertz CT molecular complexity index is 859. The van der Waals surface area contributed by atoms with E-state index in [-0.39, 0.29) is 11.9 Å². The number of nitrogens with zero attached hydrogens (tertiary/aromatic N) is 2. The summed E-state index contributed by atoms with van der Waals surface area (Å²) in [5.41, 5.74) is 5.50. The average Bonchev–Trinajstić information content (AvgIpc) is 3.04. The van der Waals surface area contributed by atoms with Crippen LogP contribution < -0.4 is 10.2 Å². The van der Waals surface area contributed by atoms with Gasteiger partial charge in [-0.05, 0) is 55.8 Å². The molecule has 25 heavy (non-hydrogen) atoms. The molecule has 0 saturated heterocycles. The molecule has 0 saturated carbocycles. The summed E-state index contributed by atoms with van der Waals surface area (Å²) < 4.78 is 18.6. The minimum absolute atomic E-state index is 0.130. The monoisotopic (exact) mass is 355 g/mol. The second kappa shape index (κ2) is 7.90. The van der Waals surface area contributed by atoms with Gasteiger partial charge in [0.2, 0.25) is 5.13 Å². The van der Waals surface area contributed by atoms with E-state index in [0.29, 0.717) is 5.13 Å². The third-order valence-corrected chi connectivity index (χ3v) is 3.99. The fourth-order valence-electron chi connectivity index (χ4n) is 2.18. The van der Waals surface area contributed by atoms with Gasteiger partial charge in [-0.1, -0.05) is 12.1 Å². The molecule has 4 nitrogen and oxygen atoms in total. The first-order chi connectivity index (χ1) is 12.1. The highest BCUT2D eigenvalue weighted by atomic mass is 32.1. The molecule has 2 aromatic carbocycles. The number of aromatic nitrogens is 1. The Morgan fingerprint density at radius 2 is 2.00 bits per heavy atom. The zero-order valence-corrected chi connectivity index (χ0v) is 14.8. The molecular formula is C19H18FN3OS. The van der Waals surface area contributed by atoms with Crippen molar-refractivity contribution in [1.29, 1.82) is 0 Å². The van der Waals surface area contributed by atoms with Gasteiger partial charge >= 0.3 is 0 Å². The lowest BCUT2D eigenvalue weighted by Gasteiger charge is -2.09. The van der Waals surface area contributed by atoms with Gasteiger partial charge in [0.25, 0.3) is 0 Å². The molecule has 0 aliphatic heterocycles. The third kappa shape index (κ3) is 4.87. The van der Waals surface area contributed by atoms with E-state index in [1.807, 2.05) is 43.5 Å². The molecule has 0 spiro atoms. The lowest BCUT2D eigenvalue weighted by molar-refractivity contribution is 0.242. The Morgan fingerprint density at radius 3 is 2.76 bits per heavy atom. The third-order valence-electron chi connectivity index (χ3n) is 3.25. The largest absolute Gasteiger partial charge is 0.491 e. The fraction of sp³-hybridized carbons (Fsp3) is 0.158. The Morgan fingerprint density at radius 1 is 1.20 bits per heavy atom. The predicted molar refractivity (Wildman–Crippen MR) is 101 cm³/mol. The van der Waals surface area contributed by atoms with Gasteiger partial charge in [0.05, 0.1) is 18.0 Å². The number of hydrogen-bond donors (Lipinski definition) is 1. The maximum atomic E-state index is 13.0. The van der Waals surface area contributed by atoms with Crippen molar-refractivity contribution in [2.24, 2.45) is 5.10 Å². The van der Waals surface area contributed by atoms with E-state index in [4.69, 9.17) is 4.74 Å². The molecule has 3 aromatic rings. The Kier molecular flexibility index (Phi) is 5.40. The van der Waals surface area contributed by atoms with E-state index in [1.54, 1.807) is 18.3 Å². The van der Waals surface area contributed by atoms with Crippen LogP contribution in [0.3, 0.4) is 0 Å². The molecule has 0 radical (unpaired) electrons. The lowest BCUT2D eigenvalue weighted by atomic mass is 10.2. The van der Waals surface area contributed by atoms with E-state index in [2.05, 4.69) is 15.5 Å². The van der Waals surface area contributed by atoms with Crippen molar-refractivity contribution in [1.82, 2.24) is 4.98 Å². The minimum Gasteiger partial charge on any atom is -0.491 e. The quantitative estimate of drug-likeness (QED) is 0.489. The van der Waals surface area contributed by atoms with Crippen molar-refractivity contribution in [3.05, 3.63) is 65.3 Å². The molecule has 0 aliphatic rings. The molecular weight excluding hydrogens is 337 g/mol. The summed E-state index contributed by atoms with van der Waals surface area (Å²) in [6.45, 7) is 3.98. The van der Waals surface area contributed by atoms with Crippen molar-refractivity contribution < 1.29 is 9.13 Å². The number of nitrogens with one attached hydrogen (secondary N) is 1. The molecule has 0 amide bonds. The molecule has 128 valence electrons. The van der Waals surface area contributed by atoms with Crippen molar-refractivity contribution in [3.63, 3.8) is 0 Å². The average molecular weight is 355 g/mol. The van der Waals surface area contributed by atoms with E-state index in [1.165, 1.54) is 23.5 Å². The SMILES string of the molecule is CC(C)Oc1cccc(/C=N\Nc2nc(-c3ccc(F)cc3)cs2)c1. The van der Waals surface area contributed by atoms with E-state index in [0.717, 1.165) is 22.6 Å². The van der Waals surface area contributed by atoms with Crippen LogP contribution in [-0.2, 0) is 0 Å². The summed E-state index contributed by atoms with van der Waals surface area (Å²) in [5.74, 6) is 0.553. The molecule has 0 bridgehead atoms. The topological polar surface area (TPSA) is 46.5 Å². The van der Waals surface area contributed by atoms with Crippen LogP contribution in [-0.4, -0.2) is 17.3 Å². The zero-order chi connectivity index (χ0) is 17.6. The van der Waals surface area contributed by atoms with Gasteiger partial charge in [-0.2, -0.15) is 5.10 Å². The van der Waals surface area contributed by atoms with Crippen LogP contribution in [0.2, 0.25) is 0 Å². The van der Waals surface area contributed by atoms with E-state index < -0.39 is 0 Å². The number of thiazole rings is 1. The van der Waals surface area contributed by atoms with Crippen LogP contribution in [0.1, 0.15) is 19.4 Å². The molecule has 0 fully saturated rings. The number of hydrogen-bond acceptors (Lipinski definition) is 5. The first-order valence-electron chi connectivity index (χ1n) is 7.87. The zero-order valence-electron chi connectivity index (χ0n) is 13.9. The normalized spacial score (nSPS) is 11.2. The highest BCUT2D eigenvalue weighted by Crippen LogP contribution is 2.25. The minimum atomic E-state index is -0.259. The molecule has 3 rings (SSSR count). The van der Waals surface area contributed by atoms with E-state index >= 15 is 0 Å². The van der Waals surface area contributed by atoms with Crippen LogP contribution in [0.4, 0.5) is 9.52 Å². The van der Waals surface area contributed by atoms with Gasteiger partial charge in [-0.3, -0.25) is 5.43 Å². The number of rotatable bonds is 6. The number of ether oxygens (including phenoxy) is 1. The lowest BCUT2D eigenvalue weighted by Crippen LogP contribution is -2.05. The number of halogens is 1. The van der Waals surface area contributed by atoms with Crippen LogP contribution in [0.15, 0.2) is 59.0 Å². The Labute approximate surface area is 150 Å². The summed E-state index contributed by atoms with van der Waals surface area (Å²) in [6.07, 6.45) is 1.84. The summed E-state index contributed by atoms with van der Waals surface area (Å²) in [6, 6.07) is 14.0. The predicted octanol–water partition coefficient (Wildman–Crippen LogP) is 5.18. The molecule has 6 heteroatoms. The van der Waals surface area contributed by atoms with Crippen molar-refractivity contribution >= 4 is 22.7 Å². The van der Waals surface area contributed by atoms with Crippen LogP contribution in [0, 0.1) is 5.82 Å². The van der Waals surface area contributed by atoms with Crippen molar-refractivity contribution in [2.75, 3.05) is 5.43 Å². The number of anilines is 1. The van der Waals surface area contributed by atoms with Crippen LogP contribution >= 0.6 is 11.3 Å². The maximum absolute atomic E-state index is 13.0. The summed E-state index contributed by atoms with van der Waals surface area (Å²) >= 11 is 1.44. The second-order valence-electron chi connectivity index (χ2n) is 5.65. The van der Waals surface area contributed by atoms with Crippen LogP contribution in [0.25, 0.3) is 11.3 Å². The van der Waals surface area contributed by atoms with Gasteiger partial charge in [0.15, 0.2) is 0 Å². The summed E-state index contributed by atoms with van der Waals surface area (Å²) in [7, 11) is 0. The van der Waals surface area contributed by atoms with Crippen molar-refractivity contribution in [2.45, 2.75) is 20.0 Å². The molecule has 0 unspecified atom stereocenters. The van der Waals surface area contributed by atoms with Gasteiger partial charge in [0.1, 0.15) is 11.6 Å². The van der Waals surface area contributed by atoms with Gasteiger partial charge in [-0.15, -0.1) is 11.3 Å². The summed E-state index contributed by atoms with van der Waals surface area (Å²) in [4.78, 5) is 4.44. The molecule has 1 N–H and O–H groups in total. The Balaban J connectivity index is 1.64. The molecule has 0 atom stereocenters.